The summed E-state index contributed by atoms with van der Waals surface area (Å²) in [4.78, 5) is 11.8. The number of benzene rings is 2. The molecule has 2 aromatic carbocycles. The van der Waals surface area contributed by atoms with Crippen LogP contribution in [-0.2, 0) is 0 Å². The molecule has 0 unspecified atom stereocenters. The fourth-order valence-corrected chi connectivity index (χ4v) is 1.85. The fraction of sp³-hybridized carbons (Fsp3) is 0. The van der Waals surface area contributed by atoms with E-state index in [0.29, 0.717) is 5.02 Å². The van der Waals surface area contributed by atoms with Gasteiger partial charge in [0.25, 0.3) is 5.91 Å². The first-order chi connectivity index (χ1) is 9.58. The van der Waals surface area contributed by atoms with Crippen LogP contribution in [0.1, 0.15) is 15.9 Å². The van der Waals surface area contributed by atoms with E-state index in [2.05, 4.69) is 10.5 Å². The minimum absolute atomic E-state index is 0.199. The molecule has 0 radical (unpaired) electrons. The van der Waals surface area contributed by atoms with Crippen LogP contribution in [0, 0.1) is 5.82 Å². The largest absolute Gasteiger partial charge is 0.272 e. The van der Waals surface area contributed by atoms with E-state index < -0.39 is 11.7 Å². The van der Waals surface area contributed by atoms with Gasteiger partial charge in [-0.2, -0.15) is 5.10 Å². The summed E-state index contributed by atoms with van der Waals surface area (Å²) in [6, 6.07) is 10.6. The van der Waals surface area contributed by atoms with Crippen LogP contribution >= 0.6 is 23.2 Å². The summed E-state index contributed by atoms with van der Waals surface area (Å²) in [6.45, 7) is 0. The van der Waals surface area contributed by atoms with Crippen LogP contribution in [-0.4, -0.2) is 12.1 Å². The summed E-state index contributed by atoms with van der Waals surface area (Å²) in [5, 5.41) is 4.33. The Kier molecular flexibility index (Phi) is 4.71. The van der Waals surface area contributed by atoms with E-state index in [1.807, 2.05) is 0 Å². The average molecular weight is 311 g/mol. The number of nitrogens with zero attached hydrogens (tertiary/aromatic N) is 1. The molecule has 0 aliphatic heterocycles. The highest BCUT2D eigenvalue weighted by atomic mass is 35.5. The van der Waals surface area contributed by atoms with Crippen molar-refractivity contribution in [1.29, 1.82) is 0 Å². The van der Waals surface area contributed by atoms with Crippen LogP contribution in [0.4, 0.5) is 4.39 Å². The smallest absolute Gasteiger partial charge is 0.267 e. The quantitative estimate of drug-likeness (QED) is 0.678. The third kappa shape index (κ3) is 3.56. The van der Waals surface area contributed by atoms with E-state index >= 15 is 0 Å². The maximum atomic E-state index is 13.3. The maximum absolute atomic E-state index is 13.3. The van der Waals surface area contributed by atoms with Crippen molar-refractivity contribution in [1.82, 2.24) is 5.43 Å². The van der Waals surface area contributed by atoms with Gasteiger partial charge in [-0.25, -0.2) is 9.82 Å². The molecule has 1 amide bonds. The average Bonchev–Trinajstić information content (AvgIpc) is 2.43. The van der Waals surface area contributed by atoms with Crippen LogP contribution in [0.25, 0.3) is 0 Å². The Labute approximate surface area is 125 Å². The van der Waals surface area contributed by atoms with Crippen molar-refractivity contribution in [3.63, 3.8) is 0 Å². The number of rotatable bonds is 3. The van der Waals surface area contributed by atoms with Gasteiger partial charge in [0.2, 0.25) is 0 Å². The molecule has 0 bridgehead atoms. The molecule has 0 saturated carbocycles. The summed E-state index contributed by atoms with van der Waals surface area (Å²) in [5.74, 6) is -0.948. The number of carbonyl (C=O) groups is 1. The molecule has 0 aromatic heterocycles. The van der Waals surface area contributed by atoms with Crippen molar-refractivity contribution < 1.29 is 9.18 Å². The summed E-state index contributed by atoms with van der Waals surface area (Å²) in [7, 11) is 0. The Bertz CT molecular complexity index is 674. The van der Waals surface area contributed by atoms with Gasteiger partial charge in [-0.05, 0) is 24.3 Å². The lowest BCUT2D eigenvalue weighted by Gasteiger charge is -2.03. The molecular formula is C14H9Cl2FN2O. The second-order valence-corrected chi connectivity index (χ2v) is 4.69. The molecular weight excluding hydrogens is 302 g/mol. The molecule has 0 saturated heterocycles. The van der Waals surface area contributed by atoms with E-state index in [1.165, 1.54) is 30.5 Å². The lowest BCUT2D eigenvalue weighted by Crippen LogP contribution is -2.18. The molecule has 2 rings (SSSR count). The maximum Gasteiger partial charge on any atom is 0.272 e. The topological polar surface area (TPSA) is 41.5 Å². The fourth-order valence-electron chi connectivity index (χ4n) is 1.47. The highest BCUT2D eigenvalue weighted by Crippen LogP contribution is 2.20. The zero-order chi connectivity index (χ0) is 14.5. The number of hydrogen-bond acceptors (Lipinski definition) is 2. The molecule has 0 spiro atoms. The zero-order valence-electron chi connectivity index (χ0n) is 10.1. The number of nitrogens with one attached hydrogen (secondary N) is 1. The van der Waals surface area contributed by atoms with Crippen molar-refractivity contribution in [3.05, 3.63) is 69.5 Å². The first-order valence-corrected chi connectivity index (χ1v) is 6.36. The number of carbonyl (C=O) groups excluding carboxylic acids is 1. The van der Waals surface area contributed by atoms with E-state index in [0.717, 1.165) is 0 Å². The first-order valence-electron chi connectivity index (χ1n) is 5.61. The molecule has 2 aromatic rings. The number of halogens is 3. The standard InChI is InChI=1S/C14H9Cl2FN2O/c15-10-5-6-12(16)11(7-10)14(20)19-18-8-9-3-1-2-4-13(9)17/h1-8H,(H,19,20)/b18-8-. The Hall–Kier alpha value is -1.91. The van der Waals surface area contributed by atoms with Gasteiger partial charge >= 0.3 is 0 Å². The van der Waals surface area contributed by atoms with Gasteiger partial charge < -0.3 is 0 Å². The minimum atomic E-state index is -0.523. The van der Waals surface area contributed by atoms with Crippen LogP contribution in [0.3, 0.4) is 0 Å². The molecule has 20 heavy (non-hydrogen) atoms. The normalized spacial score (nSPS) is 10.8. The minimum Gasteiger partial charge on any atom is -0.267 e. The highest BCUT2D eigenvalue weighted by Gasteiger charge is 2.10. The third-order valence-electron chi connectivity index (χ3n) is 2.45. The number of amides is 1. The van der Waals surface area contributed by atoms with Crippen molar-refractivity contribution in [3.8, 4) is 0 Å². The van der Waals surface area contributed by atoms with Gasteiger partial charge in [-0.1, -0.05) is 41.4 Å². The molecule has 0 aliphatic rings. The molecule has 3 nitrogen and oxygen atoms in total. The molecule has 0 aliphatic carbocycles. The zero-order valence-corrected chi connectivity index (χ0v) is 11.6. The Morgan fingerprint density at radius 3 is 2.70 bits per heavy atom. The van der Waals surface area contributed by atoms with Gasteiger partial charge in [0.15, 0.2) is 0 Å². The molecule has 6 heteroatoms. The van der Waals surface area contributed by atoms with Crippen LogP contribution < -0.4 is 5.43 Å². The highest BCUT2D eigenvalue weighted by molar-refractivity contribution is 6.35. The summed E-state index contributed by atoms with van der Waals surface area (Å²) < 4.78 is 13.3. The second-order valence-electron chi connectivity index (χ2n) is 3.84. The van der Waals surface area contributed by atoms with Gasteiger partial charge in [0.1, 0.15) is 5.82 Å². The second kappa shape index (κ2) is 6.50. The predicted octanol–water partition coefficient (Wildman–Crippen LogP) is 3.90. The van der Waals surface area contributed by atoms with Gasteiger partial charge in [0.05, 0.1) is 16.8 Å². The monoisotopic (exact) mass is 310 g/mol. The molecule has 0 fully saturated rings. The van der Waals surface area contributed by atoms with E-state index in [9.17, 15) is 9.18 Å². The first kappa shape index (κ1) is 14.5. The van der Waals surface area contributed by atoms with Gasteiger partial charge in [-0.15, -0.1) is 0 Å². The van der Waals surface area contributed by atoms with Crippen molar-refractivity contribution >= 4 is 35.3 Å². The Morgan fingerprint density at radius 1 is 1.20 bits per heavy atom. The molecule has 0 heterocycles. The summed E-state index contributed by atoms with van der Waals surface area (Å²) in [5.41, 5.74) is 2.73. The predicted molar refractivity (Wildman–Crippen MR) is 77.9 cm³/mol. The van der Waals surface area contributed by atoms with E-state index in [4.69, 9.17) is 23.2 Å². The third-order valence-corrected chi connectivity index (χ3v) is 3.01. The van der Waals surface area contributed by atoms with Crippen molar-refractivity contribution in [2.24, 2.45) is 5.10 Å². The molecule has 0 atom stereocenters. The number of hydrogen-bond donors (Lipinski definition) is 1. The van der Waals surface area contributed by atoms with E-state index in [1.54, 1.807) is 18.2 Å². The van der Waals surface area contributed by atoms with Crippen LogP contribution in [0.2, 0.25) is 10.0 Å². The van der Waals surface area contributed by atoms with Crippen LogP contribution in [0.15, 0.2) is 47.6 Å². The Balaban J connectivity index is 2.09. The van der Waals surface area contributed by atoms with Crippen molar-refractivity contribution in [2.75, 3.05) is 0 Å². The molecule has 1 N–H and O–H groups in total. The SMILES string of the molecule is O=C(N/N=C\c1ccccc1F)c1cc(Cl)ccc1Cl. The van der Waals surface area contributed by atoms with Gasteiger partial charge in [-0.3, -0.25) is 4.79 Å². The van der Waals surface area contributed by atoms with Gasteiger partial charge in [0, 0.05) is 10.6 Å². The Morgan fingerprint density at radius 2 is 1.95 bits per heavy atom. The summed E-state index contributed by atoms with van der Waals surface area (Å²) >= 11 is 11.7. The lowest BCUT2D eigenvalue weighted by molar-refractivity contribution is 0.0955. The van der Waals surface area contributed by atoms with Crippen molar-refractivity contribution in [2.45, 2.75) is 0 Å². The van der Waals surface area contributed by atoms with Crippen LogP contribution in [0.5, 0.6) is 0 Å². The summed E-state index contributed by atoms with van der Waals surface area (Å²) in [6.07, 6.45) is 1.21. The number of hydrazone groups is 1. The van der Waals surface area contributed by atoms with E-state index in [-0.39, 0.29) is 16.1 Å². The molecule has 102 valence electrons. The lowest BCUT2D eigenvalue weighted by atomic mass is 10.2.